The Bertz CT molecular complexity index is 385. The zero-order valence-electron chi connectivity index (χ0n) is 11.1. The highest BCUT2D eigenvalue weighted by Crippen LogP contribution is 2.63. The van der Waals surface area contributed by atoms with Crippen LogP contribution in [0.5, 0.6) is 0 Å². The molecule has 0 aromatic carbocycles. The Morgan fingerprint density at radius 3 is 1.94 bits per heavy atom. The zero-order valence-corrected chi connectivity index (χ0v) is 11.1. The van der Waals surface area contributed by atoms with Gasteiger partial charge in [-0.05, 0) is 73.8 Å². The third-order valence-electron chi connectivity index (χ3n) is 6.00. The van der Waals surface area contributed by atoms with E-state index in [0.29, 0.717) is 11.5 Å². The van der Waals surface area contributed by atoms with Gasteiger partial charge in [0, 0.05) is 18.9 Å². The maximum absolute atomic E-state index is 6.16. The van der Waals surface area contributed by atoms with Crippen molar-refractivity contribution in [2.45, 2.75) is 44.6 Å². The minimum atomic E-state index is 0.530. The van der Waals surface area contributed by atoms with E-state index >= 15 is 0 Å². The molecule has 4 fully saturated rings. The van der Waals surface area contributed by atoms with Crippen molar-refractivity contribution in [3.8, 4) is 0 Å². The largest absolute Gasteiger partial charge is 0.349 e. The molecule has 2 nitrogen and oxygen atoms in total. The first-order valence-electron chi connectivity index (χ1n) is 7.61. The Morgan fingerprint density at radius 2 is 1.50 bits per heavy atom. The number of rotatable bonds is 3. The summed E-state index contributed by atoms with van der Waals surface area (Å²) in [6.07, 6.45) is 13.3. The Hall–Kier alpha value is -0.760. The highest BCUT2D eigenvalue weighted by molar-refractivity contribution is 5.07. The molecule has 4 aliphatic rings. The van der Waals surface area contributed by atoms with Gasteiger partial charge in [-0.2, -0.15) is 0 Å². The molecule has 2 heteroatoms. The molecule has 0 spiro atoms. The fourth-order valence-corrected chi connectivity index (χ4v) is 5.83. The summed E-state index contributed by atoms with van der Waals surface area (Å²) in [4.78, 5) is 0. The topological polar surface area (TPSA) is 30.9 Å². The lowest BCUT2D eigenvalue weighted by atomic mass is 9.47. The van der Waals surface area contributed by atoms with Crippen LogP contribution in [-0.2, 0) is 0 Å². The van der Waals surface area contributed by atoms with Gasteiger partial charge in [-0.1, -0.05) is 0 Å². The lowest BCUT2D eigenvalue weighted by Crippen LogP contribution is -2.51. The van der Waals surface area contributed by atoms with Gasteiger partial charge in [0.05, 0.1) is 6.04 Å². The van der Waals surface area contributed by atoms with Gasteiger partial charge in [0.25, 0.3) is 0 Å². The summed E-state index contributed by atoms with van der Waals surface area (Å²) in [6.45, 7) is 0.806. The highest BCUT2D eigenvalue weighted by atomic mass is 15.0. The normalized spacial score (nSPS) is 43.3. The minimum absolute atomic E-state index is 0.530. The van der Waals surface area contributed by atoms with Crippen LogP contribution in [0.25, 0.3) is 0 Å². The highest BCUT2D eigenvalue weighted by Gasteiger charge is 2.54. The molecule has 2 N–H and O–H groups in total. The van der Waals surface area contributed by atoms with Crippen LogP contribution in [0.2, 0.25) is 0 Å². The van der Waals surface area contributed by atoms with Crippen molar-refractivity contribution in [1.29, 1.82) is 0 Å². The molecule has 98 valence electrons. The molecule has 0 aliphatic heterocycles. The smallest absolute Gasteiger partial charge is 0.0509 e. The molecule has 1 atom stereocenters. The molecule has 4 bridgehead atoms. The zero-order chi connectivity index (χ0) is 12.2. The molecule has 1 heterocycles. The second kappa shape index (κ2) is 3.86. The molecule has 0 radical (unpaired) electrons. The first-order valence-corrected chi connectivity index (χ1v) is 7.61. The Balaban J connectivity index is 1.70. The second-order valence-corrected chi connectivity index (χ2v) is 7.16. The van der Waals surface area contributed by atoms with E-state index in [9.17, 15) is 0 Å². The van der Waals surface area contributed by atoms with Gasteiger partial charge >= 0.3 is 0 Å². The molecule has 1 aromatic rings. The van der Waals surface area contributed by atoms with Crippen molar-refractivity contribution < 1.29 is 0 Å². The van der Waals surface area contributed by atoms with Crippen molar-refractivity contribution in [3.63, 3.8) is 0 Å². The van der Waals surface area contributed by atoms with E-state index in [1.807, 2.05) is 0 Å². The lowest BCUT2D eigenvalue weighted by molar-refractivity contribution is -0.0806. The van der Waals surface area contributed by atoms with E-state index in [0.717, 1.165) is 24.3 Å². The standard InChI is InChI=1S/C16H24N2/c17-11-15(18-3-1-2-4-18)16-8-12-5-13(9-16)7-14(6-12)10-16/h1-4,12-15H,5-11,17H2. The maximum atomic E-state index is 6.16. The number of hydrogen-bond donors (Lipinski definition) is 1. The van der Waals surface area contributed by atoms with Crippen molar-refractivity contribution >= 4 is 0 Å². The first-order chi connectivity index (χ1) is 8.79. The quantitative estimate of drug-likeness (QED) is 0.869. The average molecular weight is 244 g/mol. The summed E-state index contributed by atoms with van der Waals surface area (Å²) >= 11 is 0. The van der Waals surface area contributed by atoms with Gasteiger partial charge in [0.2, 0.25) is 0 Å². The van der Waals surface area contributed by atoms with Crippen molar-refractivity contribution in [3.05, 3.63) is 24.5 Å². The molecule has 4 saturated carbocycles. The summed E-state index contributed by atoms with van der Waals surface area (Å²) in [6, 6.07) is 4.83. The van der Waals surface area contributed by atoms with Crippen molar-refractivity contribution in [1.82, 2.24) is 4.57 Å². The van der Waals surface area contributed by atoms with Crippen LogP contribution in [0.1, 0.15) is 44.6 Å². The summed E-state index contributed by atoms with van der Waals surface area (Å²) in [5, 5.41) is 0. The van der Waals surface area contributed by atoms with E-state index in [4.69, 9.17) is 5.73 Å². The molecule has 0 saturated heterocycles. The van der Waals surface area contributed by atoms with Crippen molar-refractivity contribution in [2.24, 2.45) is 28.9 Å². The van der Waals surface area contributed by atoms with Gasteiger partial charge in [-0.25, -0.2) is 0 Å². The monoisotopic (exact) mass is 244 g/mol. The molecule has 4 aliphatic carbocycles. The fraction of sp³-hybridized carbons (Fsp3) is 0.750. The van der Waals surface area contributed by atoms with E-state index in [-0.39, 0.29) is 0 Å². The van der Waals surface area contributed by atoms with Crippen LogP contribution < -0.4 is 5.73 Å². The summed E-state index contributed by atoms with van der Waals surface area (Å²) < 4.78 is 2.40. The number of aromatic nitrogens is 1. The number of nitrogens with two attached hydrogens (primary N) is 1. The third-order valence-corrected chi connectivity index (χ3v) is 6.00. The van der Waals surface area contributed by atoms with E-state index in [1.165, 1.54) is 38.5 Å². The van der Waals surface area contributed by atoms with Gasteiger partial charge in [-0.15, -0.1) is 0 Å². The second-order valence-electron chi connectivity index (χ2n) is 7.16. The Kier molecular flexibility index (Phi) is 2.38. The van der Waals surface area contributed by atoms with E-state index in [2.05, 4.69) is 29.1 Å². The van der Waals surface area contributed by atoms with Crippen LogP contribution in [-0.4, -0.2) is 11.1 Å². The summed E-state index contributed by atoms with van der Waals surface area (Å²) in [7, 11) is 0. The minimum Gasteiger partial charge on any atom is -0.349 e. The molecule has 1 aromatic heterocycles. The van der Waals surface area contributed by atoms with Gasteiger partial charge in [0.15, 0.2) is 0 Å². The number of nitrogens with zero attached hydrogens (tertiary/aromatic N) is 1. The molecule has 18 heavy (non-hydrogen) atoms. The SMILES string of the molecule is NCC(n1cccc1)C12CC3CC(CC(C3)C1)C2. The van der Waals surface area contributed by atoms with E-state index < -0.39 is 0 Å². The third kappa shape index (κ3) is 1.51. The van der Waals surface area contributed by atoms with Crippen LogP contribution in [0.15, 0.2) is 24.5 Å². The van der Waals surface area contributed by atoms with Crippen LogP contribution in [0, 0.1) is 23.2 Å². The van der Waals surface area contributed by atoms with Gasteiger partial charge in [0.1, 0.15) is 0 Å². The first kappa shape index (κ1) is 11.1. The summed E-state index contributed by atoms with van der Waals surface area (Å²) in [5.41, 5.74) is 6.69. The Morgan fingerprint density at radius 1 is 1.00 bits per heavy atom. The molecule has 0 amide bonds. The predicted octanol–water partition coefficient (Wildman–Crippen LogP) is 3.20. The van der Waals surface area contributed by atoms with Crippen LogP contribution in [0.4, 0.5) is 0 Å². The van der Waals surface area contributed by atoms with E-state index in [1.54, 1.807) is 0 Å². The average Bonchev–Trinajstić information content (AvgIpc) is 2.81. The van der Waals surface area contributed by atoms with Crippen LogP contribution >= 0.6 is 0 Å². The predicted molar refractivity (Wildman–Crippen MR) is 73.1 cm³/mol. The van der Waals surface area contributed by atoms with Crippen molar-refractivity contribution in [2.75, 3.05) is 6.54 Å². The number of hydrogen-bond acceptors (Lipinski definition) is 1. The van der Waals surface area contributed by atoms with Crippen LogP contribution in [0.3, 0.4) is 0 Å². The molecular weight excluding hydrogens is 220 g/mol. The molecule has 1 unspecified atom stereocenters. The van der Waals surface area contributed by atoms with Gasteiger partial charge in [-0.3, -0.25) is 0 Å². The summed E-state index contributed by atoms with van der Waals surface area (Å²) in [5.74, 6) is 3.04. The molecular formula is C16H24N2. The lowest BCUT2D eigenvalue weighted by Gasteiger charge is -2.59. The Labute approximate surface area is 110 Å². The maximum Gasteiger partial charge on any atom is 0.0509 e. The van der Waals surface area contributed by atoms with Gasteiger partial charge < -0.3 is 10.3 Å². The fourth-order valence-electron chi connectivity index (χ4n) is 5.83. The molecule has 5 rings (SSSR count).